The molecule has 7 nitrogen and oxygen atoms in total. The van der Waals surface area contributed by atoms with Gasteiger partial charge in [0.25, 0.3) is 11.6 Å². The Balaban J connectivity index is 1.37. The van der Waals surface area contributed by atoms with E-state index in [1.54, 1.807) is 55.5 Å². The third-order valence-electron chi connectivity index (χ3n) is 4.95. The summed E-state index contributed by atoms with van der Waals surface area (Å²) in [4.78, 5) is 25.9. The van der Waals surface area contributed by atoms with Gasteiger partial charge in [0.1, 0.15) is 5.82 Å². The van der Waals surface area contributed by atoms with Crippen molar-refractivity contribution in [1.82, 2.24) is 15.0 Å². The van der Waals surface area contributed by atoms with Crippen LogP contribution in [0.3, 0.4) is 0 Å². The summed E-state index contributed by atoms with van der Waals surface area (Å²) >= 11 is 11.9. The van der Waals surface area contributed by atoms with Gasteiger partial charge in [-0.25, -0.2) is 9.97 Å². The summed E-state index contributed by atoms with van der Waals surface area (Å²) in [7, 11) is 0. The van der Waals surface area contributed by atoms with Gasteiger partial charge in [-0.3, -0.25) is 4.79 Å². The Morgan fingerprint density at radius 3 is 2.32 bits per heavy atom. The number of halogens is 2. The van der Waals surface area contributed by atoms with Crippen molar-refractivity contribution in [2.24, 2.45) is 0 Å². The van der Waals surface area contributed by atoms with Crippen LogP contribution in [0, 0.1) is 6.92 Å². The number of benzene rings is 3. The maximum atomic E-state index is 12.4. The number of hydrogen-bond acceptors (Lipinski definition) is 6. The zero-order valence-corrected chi connectivity index (χ0v) is 19.4. The van der Waals surface area contributed by atoms with Crippen LogP contribution in [0.4, 0.5) is 17.2 Å². The highest BCUT2D eigenvalue weighted by atomic mass is 35.5. The van der Waals surface area contributed by atoms with Crippen LogP contribution in [-0.2, 0) is 0 Å². The number of carbonyl (C=O) groups is 1. The standard InChI is InChI=1S/C25H17Cl2N5O2/c1-14-28-22(21-25(29-14)34-24(32-21)15-5-7-17(26)8-6-15)30-19-9-11-20(12-10-19)31-23(33)16-3-2-4-18(27)13-16/h2-13H,1H3,(H,31,33)(H,28,29,30). The monoisotopic (exact) mass is 489 g/mol. The van der Waals surface area contributed by atoms with Gasteiger partial charge in [-0.05, 0) is 73.7 Å². The fraction of sp³-hybridized carbons (Fsp3) is 0.0400. The third kappa shape index (κ3) is 4.71. The predicted molar refractivity (Wildman–Crippen MR) is 134 cm³/mol. The van der Waals surface area contributed by atoms with Gasteiger partial charge in [-0.15, -0.1) is 0 Å². The van der Waals surface area contributed by atoms with Gasteiger partial charge >= 0.3 is 0 Å². The molecule has 34 heavy (non-hydrogen) atoms. The first-order chi connectivity index (χ1) is 16.4. The first kappa shape index (κ1) is 21.9. The molecule has 0 atom stereocenters. The smallest absolute Gasteiger partial charge is 0.255 e. The summed E-state index contributed by atoms with van der Waals surface area (Å²) in [6.07, 6.45) is 0. The Bertz CT molecular complexity index is 1500. The molecule has 2 N–H and O–H groups in total. The minimum Gasteiger partial charge on any atom is -0.417 e. The summed E-state index contributed by atoms with van der Waals surface area (Å²) in [5, 5.41) is 7.24. The van der Waals surface area contributed by atoms with Crippen LogP contribution in [0.15, 0.2) is 77.2 Å². The molecule has 0 unspecified atom stereocenters. The molecule has 5 rings (SSSR count). The number of fused-ring (bicyclic) bond motifs is 1. The fourth-order valence-electron chi connectivity index (χ4n) is 3.34. The molecule has 0 radical (unpaired) electrons. The number of rotatable bonds is 5. The van der Waals surface area contributed by atoms with Gasteiger partial charge in [0, 0.05) is 32.5 Å². The number of amides is 1. The molecule has 0 aliphatic carbocycles. The first-order valence-corrected chi connectivity index (χ1v) is 11.1. The molecule has 168 valence electrons. The van der Waals surface area contributed by atoms with E-state index in [9.17, 15) is 4.79 Å². The number of hydrogen-bond donors (Lipinski definition) is 2. The van der Waals surface area contributed by atoms with Gasteiger partial charge in [-0.1, -0.05) is 29.3 Å². The summed E-state index contributed by atoms with van der Waals surface area (Å²) in [5.41, 5.74) is 3.56. The molecule has 1 amide bonds. The second-order valence-electron chi connectivity index (χ2n) is 7.47. The van der Waals surface area contributed by atoms with E-state index < -0.39 is 0 Å². The minimum absolute atomic E-state index is 0.242. The lowest BCUT2D eigenvalue weighted by molar-refractivity contribution is 0.102. The molecule has 0 saturated heterocycles. The molecule has 5 aromatic rings. The predicted octanol–water partition coefficient (Wildman–Crippen LogP) is 6.90. The van der Waals surface area contributed by atoms with Gasteiger partial charge in [-0.2, -0.15) is 4.98 Å². The van der Waals surface area contributed by atoms with Crippen molar-refractivity contribution in [2.75, 3.05) is 10.6 Å². The van der Waals surface area contributed by atoms with Crippen molar-refractivity contribution >= 4 is 57.5 Å². The van der Waals surface area contributed by atoms with E-state index in [1.165, 1.54) is 0 Å². The Hall–Kier alpha value is -3.94. The fourth-order valence-corrected chi connectivity index (χ4v) is 3.65. The van der Waals surface area contributed by atoms with Gasteiger partial charge in [0.2, 0.25) is 5.89 Å². The molecule has 0 aliphatic rings. The SMILES string of the molecule is Cc1nc(Nc2ccc(NC(=O)c3cccc(Cl)c3)cc2)c2nc(-c3ccc(Cl)cc3)oc2n1. The molecule has 9 heteroatoms. The number of aryl methyl sites for hydroxylation is 1. The van der Waals surface area contributed by atoms with Crippen LogP contribution in [0.25, 0.3) is 22.7 Å². The van der Waals surface area contributed by atoms with Gasteiger partial charge < -0.3 is 15.1 Å². The highest BCUT2D eigenvalue weighted by molar-refractivity contribution is 6.31. The molecular formula is C25H17Cl2N5O2. The van der Waals surface area contributed by atoms with E-state index >= 15 is 0 Å². The van der Waals surface area contributed by atoms with Crippen LogP contribution in [-0.4, -0.2) is 20.9 Å². The Morgan fingerprint density at radius 2 is 1.59 bits per heavy atom. The lowest BCUT2D eigenvalue weighted by Gasteiger charge is -2.09. The summed E-state index contributed by atoms with van der Waals surface area (Å²) < 4.78 is 5.86. The summed E-state index contributed by atoms with van der Waals surface area (Å²) in [6.45, 7) is 1.78. The molecule has 2 heterocycles. The van der Waals surface area contributed by atoms with E-state index in [0.29, 0.717) is 50.1 Å². The van der Waals surface area contributed by atoms with Crippen LogP contribution in [0.5, 0.6) is 0 Å². The number of carbonyl (C=O) groups excluding carboxylic acids is 1. The highest BCUT2D eigenvalue weighted by Crippen LogP contribution is 2.29. The number of nitrogens with zero attached hydrogens (tertiary/aromatic N) is 3. The van der Waals surface area contributed by atoms with E-state index in [2.05, 4.69) is 25.6 Å². The Labute approximate surface area is 204 Å². The molecule has 0 spiro atoms. The largest absolute Gasteiger partial charge is 0.417 e. The normalized spacial score (nSPS) is 10.9. The second-order valence-corrected chi connectivity index (χ2v) is 8.34. The van der Waals surface area contributed by atoms with Crippen LogP contribution < -0.4 is 10.6 Å². The van der Waals surface area contributed by atoms with Gasteiger partial charge in [0.15, 0.2) is 11.3 Å². The molecule has 0 aliphatic heterocycles. The minimum atomic E-state index is -0.242. The van der Waals surface area contributed by atoms with Crippen LogP contribution in [0.1, 0.15) is 16.2 Å². The van der Waals surface area contributed by atoms with Crippen LogP contribution >= 0.6 is 23.2 Å². The van der Waals surface area contributed by atoms with Crippen molar-refractivity contribution in [3.8, 4) is 11.5 Å². The average molecular weight is 490 g/mol. The number of oxazole rings is 1. The lowest BCUT2D eigenvalue weighted by atomic mass is 10.2. The number of aromatic nitrogens is 3. The summed E-state index contributed by atoms with van der Waals surface area (Å²) in [5.74, 6) is 1.24. The zero-order valence-electron chi connectivity index (χ0n) is 17.8. The van der Waals surface area contributed by atoms with E-state index in [4.69, 9.17) is 27.6 Å². The van der Waals surface area contributed by atoms with Gasteiger partial charge in [0.05, 0.1) is 0 Å². The van der Waals surface area contributed by atoms with Crippen LogP contribution in [0.2, 0.25) is 10.0 Å². The van der Waals surface area contributed by atoms with E-state index in [-0.39, 0.29) is 5.91 Å². The lowest BCUT2D eigenvalue weighted by Crippen LogP contribution is -2.11. The maximum absolute atomic E-state index is 12.4. The van der Waals surface area contributed by atoms with Crippen molar-refractivity contribution in [3.05, 3.63) is 94.2 Å². The highest BCUT2D eigenvalue weighted by Gasteiger charge is 2.16. The summed E-state index contributed by atoms with van der Waals surface area (Å²) in [6, 6.07) is 21.2. The van der Waals surface area contributed by atoms with E-state index in [1.807, 2.05) is 24.3 Å². The maximum Gasteiger partial charge on any atom is 0.255 e. The first-order valence-electron chi connectivity index (χ1n) is 10.3. The molecule has 0 bridgehead atoms. The Morgan fingerprint density at radius 1 is 0.853 bits per heavy atom. The van der Waals surface area contributed by atoms with E-state index in [0.717, 1.165) is 11.3 Å². The molecule has 0 fully saturated rings. The quantitative estimate of drug-likeness (QED) is 0.279. The topological polar surface area (TPSA) is 92.9 Å². The zero-order chi connectivity index (χ0) is 23.7. The van der Waals surface area contributed by atoms with Crippen molar-refractivity contribution in [3.63, 3.8) is 0 Å². The second kappa shape index (κ2) is 9.13. The van der Waals surface area contributed by atoms with Crippen molar-refractivity contribution in [1.29, 1.82) is 0 Å². The Kier molecular flexibility index (Phi) is 5.88. The molecule has 2 aromatic heterocycles. The van der Waals surface area contributed by atoms with Crippen molar-refractivity contribution in [2.45, 2.75) is 6.92 Å². The molecule has 0 saturated carbocycles. The molecule has 3 aromatic carbocycles. The molecular weight excluding hydrogens is 473 g/mol. The number of nitrogens with one attached hydrogen (secondary N) is 2. The van der Waals surface area contributed by atoms with Crippen molar-refractivity contribution < 1.29 is 9.21 Å². The number of anilines is 3. The third-order valence-corrected chi connectivity index (χ3v) is 5.44. The average Bonchev–Trinajstić information content (AvgIpc) is 3.25.